The summed E-state index contributed by atoms with van der Waals surface area (Å²) in [6.45, 7) is 4.21. The Bertz CT molecular complexity index is 406. The molecule has 1 aromatic heterocycles. The van der Waals surface area contributed by atoms with Crippen molar-refractivity contribution in [1.29, 1.82) is 0 Å². The molecule has 3 N–H and O–H groups in total. The number of carbonyl (C=O) groups excluding carboxylic acids is 1. The Morgan fingerprint density at radius 3 is 2.74 bits per heavy atom. The number of carboxylic acid groups (broad SMARTS) is 1. The van der Waals surface area contributed by atoms with E-state index in [0.29, 0.717) is 13.0 Å². The third-order valence-electron chi connectivity index (χ3n) is 3.00. The number of urea groups is 1. The van der Waals surface area contributed by atoms with Crippen molar-refractivity contribution in [2.45, 2.75) is 32.7 Å². The molecule has 0 aromatic carbocycles. The molecule has 1 aromatic rings. The Balaban J connectivity index is 2.34. The molecule has 0 aliphatic rings. The maximum atomic E-state index is 11.6. The number of aliphatic carboxylic acids is 1. The van der Waals surface area contributed by atoms with Gasteiger partial charge in [0.1, 0.15) is 6.04 Å². The van der Waals surface area contributed by atoms with Crippen molar-refractivity contribution in [3.05, 3.63) is 22.4 Å². The highest BCUT2D eigenvalue weighted by Gasteiger charge is 2.24. The van der Waals surface area contributed by atoms with Gasteiger partial charge in [-0.1, -0.05) is 26.3 Å². The molecule has 2 atom stereocenters. The first-order chi connectivity index (χ1) is 9.04. The fourth-order valence-corrected chi connectivity index (χ4v) is 2.34. The van der Waals surface area contributed by atoms with E-state index >= 15 is 0 Å². The van der Waals surface area contributed by atoms with Gasteiger partial charge in [-0.25, -0.2) is 9.59 Å². The van der Waals surface area contributed by atoms with Crippen LogP contribution in [0.15, 0.2) is 17.5 Å². The number of nitrogens with one attached hydrogen (secondary N) is 2. The van der Waals surface area contributed by atoms with Crippen molar-refractivity contribution in [2.24, 2.45) is 5.92 Å². The quantitative estimate of drug-likeness (QED) is 0.717. The average molecular weight is 284 g/mol. The molecule has 0 aliphatic carbocycles. The number of hydrogen-bond acceptors (Lipinski definition) is 3. The molecule has 0 bridgehead atoms. The fourth-order valence-electron chi connectivity index (χ4n) is 1.63. The van der Waals surface area contributed by atoms with E-state index in [4.69, 9.17) is 5.11 Å². The van der Waals surface area contributed by atoms with E-state index in [0.717, 1.165) is 6.42 Å². The van der Waals surface area contributed by atoms with Gasteiger partial charge in [0.2, 0.25) is 0 Å². The van der Waals surface area contributed by atoms with Gasteiger partial charge < -0.3 is 15.7 Å². The Kier molecular flexibility index (Phi) is 6.35. The van der Waals surface area contributed by atoms with Crippen LogP contribution in [0.5, 0.6) is 0 Å². The highest BCUT2D eigenvalue weighted by molar-refractivity contribution is 7.09. The normalized spacial score (nSPS) is 13.6. The van der Waals surface area contributed by atoms with E-state index < -0.39 is 18.0 Å². The van der Waals surface area contributed by atoms with Crippen LogP contribution in [0.4, 0.5) is 4.79 Å². The SMILES string of the molecule is CC[C@H](C)[C@H](NC(=O)NCCc1cccs1)C(=O)O. The predicted molar refractivity (Wildman–Crippen MR) is 75.4 cm³/mol. The number of carbonyl (C=O) groups is 2. The summed E-state index contributed by atoms with van der Waals surface area (Å²) in [7, 11) is 0. The number of carboxylic acids is 1. The number of rotatable bonds is 7. The molecular formula is C13H20N2O3S. The molecule has 0 aliphatic heterocycles. The van der Waals surface area contributed by atoms with Crippen molar-refractivity contribution >= 4 is 23.3 Å². The van der Waals surface area contributed by atoms with Crippen LogP contribution in [0.1, 0.15) is 25.1 Å². The van der Waals surface area contributed by atoms with Crippen LogP contribution in [0.3, 0.4) is 0 Å². The fraction of sp³-hybridized carbons (Fsp3) is 0.538. The van der Waals surface area contributed by atoms with Crippen LogP contribution in [-0.4, -0.2) is 29.7 Å². The number of hydrogen-bond donors (Lipinski definition) is 3. The summed E-state index contributed by atoms with van der Waals surface area (Å²) < 4.78 is 0. The second kappa shape index (κ2) is 7.78. The second-order valence-corrected chi connectivity index (χ2v) is 5.46. The topological polar surface area (TPSA) is 78.4 Å². The van der Waals surface area contributed by atoms with Gasteiger partial charge in [0.05, 0.1) is 0 Å². The molecule has 0 fully saturated rings. The van der Waals surface area contributed by atoms with Crippen molar-refractivity contribution in [3.63, 3.8) is 0 Å². The lowest BCUT2D eigenvalue weighted by Gasteiger charge is -2.20. The maximum absolute atomic E-state index is 11.6. The van der Waals surface area contributed by atoms with E-state index in [2.05, 4.69) is 10.6 Å². The van der Waals surface area contributed by atoms with Gasteiger partial charge in [-0.05, 0) is 23.8 Å². The molecule has 0 spiro atoms. The lowest BCUT2D eigenvalue weighted by molar-refractivity contribution is -0.140. The number of amides is 2. The van der Waals surface area contributed by atoms with Gasteiger partial charge in [-0.2, -0.15) is 0 Å². The molecule has 0 radical (unpaired) electrons. The molecule has 2 amide bonds. The van der Waals surface area contributed by atoms with Crippen LogP contribution in [0, 0.1) is 5.92 Å². The second-order valence-electron chi connectivity index (χ2n) is 4.43. The molecule has 19 heavy (non-hydrogen) atoms. The Morgan fingerprint density at radius 1 is 1.47 bits per heavy atom. The lowest BCUT2D eigenvalue weighted by atomic mass is 9.99. The Labute approximate surface area is 117 Å². The van der Waals surface area contributed by atoms with E-state index in [9.17, 15) is 9.59 Å². The Morgan fingerprint density at radius 2 is 2.21 bits per heavy atom. The van der Waals surface area contributed by atoms with E-state index in [1.807, 2.05) is 31.4 Å². The average Bonchev–Trinajstić information content (AvgIpc) is 2.87. The van der Waals surface area contributed by atoms with Crippen molar-refractivity contribution in [3.8, 4) is 0 Å². The summed E-state index contributed by atoms with van der Waals surface area (Å²) in [5.41, 5.74) is 0. The molecule has 6 heteroatoms. The summed E-state index contributed by atoms with van der Waals surface area (Å²) >= 11 is 1.64. The van der Waals surface area contributed by atoms with Crippen LogP contribution < -0.4 is 10.6 Å². The van der Waals surface area contributed by atoms with Gasteiger partial charge >= 0.3 is 12.0 Å². The molecule has 1 rings (SSSR count). The zero-order valence-electron chi connectivity index (χ0n) is 11.2. The van der Waals surface area contributed by atoms with Crippen molar-refractivity contribution in [2.75, 3.05) is 6.54 Å². The molecule has 0 unspecified atom stereocenters. The van der Waals surface area contributed by atoms with Crippen LogP contribution in [-0.2, 0) is 11.2 Å². The minimum absolute atomic E-state index is 0.0967. The first-order valence-electron chi connectivity index (χ1n) is 6.34. The van der Waals surface area contributed by atoms with Crippen LogP contribution in [0.25, 0.3) is 0 Å². The van der Waals surface area contributed by atoms with Gasteiger partial charge in [-0.3, -0.25) is 0 Å². The van der Waals surface area contributed by atoms with Crippen LogP contribution in [0.2, 0.25) is 0 Å². The maximum Gasteiger partial charge on any atom is 0.326 e. The van der Waals surface area contributed by atoms with Crippen molar-refractivity contribution < 1.29 is 14.7 Å². The summed E-state index contributed by atoms with van der Waals surface area (Å²) in [5.74, 6) is -1.09. The summed E-state index contributed by atoms with van der Waals surface area (Å²) in [6, 6.07) is 2.70. The zero-order chi connectivity index (χ0) is 14.3. The van der Waals surface area contributed by atoms with Crippen LogP contribution >= 0.6 is 11.3 Å². The number of thiophene rings is 1. The minimum atomic E-state index is -0.997. The largest absolute Gasteiger partial charge is 0.480 e. The van der Waals surface area contributed by atoms with E-state index in [1.54, 1.807) is 11.3 Å². The van der Waals surface area contributed by atoms with E-state index in [-0.39, 0.29) is 5.92 Å². The smallest absolute Gasteiger partial charge is 0.326 e. The molecule has 106 valence electrons. The highest BCUT2D eigenvalue weighted by atomic mass is 32.1. The van der Waals surface area contributed by atoms with Crippen molar-refractivity contribution in [1.82, 2.24) is 10.6 Å². The standard InChI is InChI=1S/C13H20N2O3S/c1-3-9(2)11(12(16)17)15-13(18)14-7-6-10-5-4-8-19-10/h4-5,8-9,11H,3,6-7H2,1-2H3,(H,16,17)(H2,14,15,18)/t9-,11-/m0/s1. The molecule has 5 nitrogen and oxygen atoms in total. The van der Waals surface area contributed by atoms with Gasteiger partial charge in [-0.15, -0.1) is 11.3 Å². The minimum Gasteiger partial charge on any atom is -0.480 e. The molecular weight excluding hydrogens is 264 g/mol. The molecule has 0 saturated carbocycles. The van der Waals surface area contributed by atoms with E-state index in [1.165, 1.54) is 4.88 Å². The van der Waals surface area contributed by atoms with Gasteiger partial charge in [0.25, 0.3) is 0 Å². The first-order valence-corrected chi connectivity index (χ1v) is 7.22. The lowest BCUT2D eigenvalue weighted by Crippen LogP contribution is -2.49. The zero-order valence-corrected chi connectivity index (χ0v) is 12.0. The molecule has 0 saturated heterocycles. The summed E-state index contributed by atoms with van der Waals surface area (Å²) in [5, 5.41) is 16.2. The summed E-state index contributed by atoms with van der Waals surface area (Å²) in [6.07, 6.45) is 1.46. The predicted octanol–water partition coefficient (Wildman–Crippen LogP) is 2.09. The third kappa shape index (κ3) is 5.30. The van der Waals surface area contributed by atoms with Gasteiger partial charge in [0, 0.05) is 11.4 Å². The first kappa shape index (κ1) is 15.5. The Hall–Kier alpha value is -1.56. The third-order valence-corrected chi connectivity index (χ3v) is 3.94. The highest BCUT2D eigenvalue weighted by Crippen LogP contribution is 2.09. The monoisotopic (exact) mass is 284 g/mol. The summed E-state index contributed by atoms with van der Waals surface area (Å²) in [4.78, 5) is 23.9. The van der Waals surface area contributed by atoms with Gasteiger partial charge in [0.15, 0.2) is 0 Å². The molecule has 1 heterocycles.